The number of hydrogen-bond acceptors (Lipinski definition) is 12. The van der Waals surface area contributed by atoms with E-state index in [4.69, 9.17) is 10.5 Å². The van der Waals surface area contributed by atoms with Crippen LogP contribution in [0.5, 0.6) is 0 Å². The van der Waals surface area contributed by atoms with Gasteiger partial charge in [0.1, 0.15) is 12.1 Å². The van der Waals surface area contributed by atoms with E-state index in [1.165, 1.54) is 11.0 Å². The molecule has 1 amide bonds. The minimum Gasteiger partial charge on any atom is -0.450 e. The molecule has 2 aliphatic rings. The van der Waals surface area contributed by atoms with Crippen LogP contribution < -0.4 is 20.9 Å². The second-order valence-corrected chi connectivity index (χ2v) is 12.4. The fourth-order valence-corrected chi connectivity index (χ4v) is 6.75. The number of carbonyl (C=O) groups is 1. The van der Waals surface area contributed by atoms with Crippen molar-refractivity contribution in [1.29, 1.82) is 0 Å². The normalized spacial score (nSPS) is 16.7. The molecule has 15 nitrogen and oxygen atoms in total. The minimum absolute atomic E-state index is 0.159. The van der Waals surface area contributed by atoms with Gasteiger partial charge < -0.3 is 30.5 Å². The fourth-order valence-electron chi connectivity index (χ4n) is 5.21. The molecule has 232 valence electrons. The van der Waals surface area contributed by atoms with Crippen molar-refractivity contribution in [3.63, 3.8) is 0 Å². The highest BCUT2D eigenvalue weighted by Gasteiger charge is 2.25. The molecule has 2 fully saturated rings. The Balaban J connectivity index is 1.21. The molecule has 2 aliphatic heterocycles. The molecule has 0 bridgehead atoms. The van der Waals surface area contributed by atoms with Gasteiger partial charge in [-0.1, -0.05) is 6.92 Å². The van der Waals surface area contributed by atoms with Crippen LogP contribution in [0.4, 0.5) is 33.9 Å². The highest BCUT2D eigenvalue weighted by molar-refractivity contribution is 7.89. The maximum Gasteiger partial charge on any atom is 0.409 e. The number of sulfonamides is 1. The van der Waals surface area contributed by atoms with E-state index in [0.29, 0.717) is 76.3 Å². The number of benzene rings is 1. The Morgan fingerprint density at radius 3 is 2.40 bits per heavy atom. The van der Waals surface area contributed by atoms with Crippen molar-refractivity contribution in [2.75, 3.05) is 85.6 Å². The summed E-state index contributed by atoms with van der Waals surface area (Å²) >= 11 is 0. The van der Waals surface area contributed by atoms with E-state index >= 15 is 0 Å². The van der Waals surface area contributed by atoms with Crippen LogP contribution in [0.3, 0.4) is 0 Å². The van der Waals surface area contributed by atoms with E-state index in [0.717, 1.165) is 24.5 Å². The highest BCUT2D eigenvalue weighted by atomic mass is 32.2. The first-order valence-corrected chi connectivity index (χ1v) is 16.2. The van der Waals surface area contributed by atoms with Crippen molar-refractivity contribution in [3.8, 4) is 5.82 Å². The molecule has 0 unspecified atom stereocenters. The summed E-state index contributed by atoms with van der Waals surface area (Å²) in [6, 6.07) is 9.68. The van der Waals surface area contributed by atoms with E-state index < -0.39 is 10.0 Å². The summed E-state index contributed by atoms with van der Waals surface area (Å²) in [4.78, 5) is 31.1. The van der Waals surface area contributed by atoms with Crippen LogP contribution in [0.2, 0.25) is 0 Å². The second-order valence-electron chi connectivity index (χ2n) is 10.3. The van der Waals surface area contributed by atoms with Gasteiger partial charge >= 0.3 is 6.09 Å². The maximum atomic E-state index is 12.6. The van der Waals surface area contributed by atoms with Crippen molar-refractivity contribution < 1.29 is 17.9 Å². The smallest absolute Gasteiger partial charge is 0.409 e. The number of nitrogens with zero attached hydrogens (tertiary/aromatic N) is 9. The molecule has 1 aromatic carbocycles. The number of rotatable bonds is 9. The Morgan fingerprint density at radius 1 is 0.953 bits per heavy atom. The van der Waals surface area contributed by atoms with Crippen molar-refractivity contribution in [2.45, 2.75) is 26.7 Å². The Kier molecular flexibility index (Phi) is 9.45. The lowest BCUT2D eigenvalue weighted by Gasteiger charge is -2.35. The van der Waals surface area contributed by atoms with E-state index in [2.05, 4.69) is 35.2 Å². The standard InChI is InChI=1S/C27H39N11O4S/c1-3-18-43(40,41)37-11-5-10-35(16-17-37)23-19-24(30-20-29-23)38-25(28)32-26(33-38)31-21-6-8-22(9-7-21)34-12-14-36(15-13-34)27(39)42-4-2/h6-9,19-20H,3-5,10-18H2,1-2H3,(H3,28,31,32,33). The molecular formula is C27H39N11O4S. The lowest BCUT2D eigenvalue weighted by molar-refractivity contribution is 0.105. The average molecular weight is 614 g/mol. The predicted octanol–water partition coefficient (Wildman–Crippen LogP) is 1.91. The van der Waals surface area contributed by atoms with E-state index in [1.54, 1.807) is 15.3 Å². The summed E-state index contributed by atoms with van der Waals surface area (Å²) < 4.78 is 33.2. The Morgan fingerprint density at radius 2 is 1.67 bits per heavy atom. The molecule has 16 heteroatoms. The van der Waals surface area contributed by atoms with E-state index in [9.17, 15) is 13.2 Å². The number of aromatic nitrogens is 5. The van der Waals surface area contributed by atoms with Crippen molar-refractivity contribution in [2.24, 2.45) is 0 Å². The Hall–Kier alpha value is -4.18. The number of anilines is 5. The summed E-state index contributed by atoms with van der Waals surface area (Å²) in [5.74, 6) is 1.77. The third-order valence-electron chi connectivity index (χ3n) is 7.42. The number of hydrogen-bond donors (Lipinski definition) is 2. The van der Waals surface area contributed by atoms with Crippen LogP contribution in [0.25, 0.3) is 5.82 Å². The summed E-state index contributed by atoms with van der Waals surface area (Å²) in [5, 5.41) is 7.70. The molecule has 3 N–H and O–H groups in total. The molecule has 5 rings (SSSR count). The summed E-state index contributed by atoms with van der Waals surface area (Å²) in [5.41, 5.74) is 8.06. The van der Waals surface area contributed by atoms with Gasteiger partial charge in [-0.05, 0) is 44.0 Å². The number of nitrogen functional groups attached to an aromatic ring is 1. The topological polar surface area (TPSA) is 168 Å². The van der Waals surface area contributed by atoms with Crippen molar-refractivity contribution in [1.82, 2.24) is 33.9 Å². The monoisotopic (exact) mass is 613 g/mol. The zero-order valence-electron chi connectivity index (χ0n) is 24.6. The number of carbonyl (C=O) groups excluding carboxylic acids is 1. The van der Waals surface area contributed by atoms with Crippen LogP contribution in [-0.4, -0.2) is 113 Å². The van der Waals surface area contributed by atoms with Gasteiger partial charge in [0.2, 0.25) is 21.9 Å². The molecule has 2 aromatic heterocycles. The first-order valence-electron chi connectivity index (χ1n) is 14.6. The van der Waals surface area contributed by atoms with Gasteiger partial charge in [0.05, 0.1) is 12.4 Å². The highest BCUT2D eigenvalue weighted by Crippen LogP contribution is 2.23. The van der Waals surface area contributed by atoms with E-state index in [1.807, 2.05) is 38.1 Å². The first-order chi connectivity index (χ1) is 20.8. The van der Waals surface area contributed by atoms with Gasteiger partial charge in [-0.3, -0.25) is 0 Å². The third-order valence-corrected chi connectivity index (χ3v) is 9.49. The third kappa shape index (κ3) is 7.25. The number of ether oxygens (including phenoxy) is 1. The number of piperazine rings is 1. The van der Waals surface area contributed by atoms with Gasteiger partial charge in [0.25, 0.3) is 0 Å². The molecule has 0 atom stereocenters. The Labute approximate surface area is 251 Å². The van der Waals surface area contributed by atoms with Gasteiger partial charge in [-0.2, -0.15) is 9.67 Å². The molecule has 4 heterocycles. The maximum absolute atomic E-state index is 12.6. The van der Waals surface area contributed by atoms with Crippen LogP contribution in [0, 0.1) is 0 Å². The van der Waals surface area contributed by atoms with E-state index in [-0.39, 0.29) is 17.8 Å². The van der Waals surface area contributed by atoms with Crippen LogP contribution in [0.1, 0.15) is 26.7 Å². The lowest BCUT2D eigenvalue weighted by atomic mass is 10.2. The molecule has 2 saturated heterocycles. The molecule has 0 spiro atoms. The number of nitrogens with one attached hydrogen (secondary N) is 1. The minimum atomic E-state index is -3.25. The van der Waals surface area contributed by atoms with Crippen LogP contribution in [0.15, 0.2) is 36.7 Å². The van der Waals surface area contributed by atoms with Crippen LogP contribution >= 0.6 is 0 Å². The summed E-state index contributed by atoms with van der Waals surface area (Å²) in [6.45, 7) is 8.83. The molecular weight excluding hydrogens is 574 g/mol. The molecule has 0 saturated carbocycles. The van der Waals surface area contributed by atoms with Gasteiger partial charge in [0, 0.05) is 69.8 Å². The molecule has 43 heavy (non-hydrogen) atoms. The zero-order valence-corrected chi connectivity index (χ0v) is 25.4. The summed E-state index contributed by atoms with van der Waals surface area (Å²) in [6.07, 6.45) is 2.47. The lowest BCUT2D eigenvalue weighted by Crippen LogP contribution is -2.49. The quantitative estimate of drug-likeness (QED) is 0.360. The summed E-state index contributed by atoms with van der Waals surface area (Å²) in [7, 11) is -3.25. The number of nitrogens with two attached hydrogens (primary N) is 1. The molecule has 3 aromatic rings. The molecule has 0 radical (unpaired) electrons. The predicted molar refractivity (Wildman–Crippen MR) is 164 cm³/mol. The Bertz CT molecular complexity index is 1490. The SMILES string of the molecule is CCCS(=O)(=O)N1CCCN(c2cc(-n3nc(Nc4ccc(N5CCN(C(=O)OCC)CC5)cc4)nc3N)ncn2)CC1. The fraction of sp³-hybridized carbons (Fsp3) is 0.519. The van der Waals surface area contributed by atoms with Gasteiger partial charge in [-0.25, -0.2) is 27.5 Å². The van der Waals surface area contributed by atoms with Crippen molar-refractivity contribution in [3.05, 3.63) is 36.7 Å². The first kappa shape index (κ1) is 30.3. The largest absolute Gasteiger partial charge is 0.450 e. The zero-order chi connectivity index (χ0) is 30.4. The molecule has 0 aliphatic carbocycles. The average Bonchev–Trinajstić information content (AvgIpc) is 3.19. The van der Waals surface area contributed by atoms with Crippen LogP contribution in [-0.2, 0) is 14.8 Å². The van der Waals surface area contributed by atoms with Gasteiger partial charge in [-0.15, -0.1) is 5.10 Å². The second kappa shape index (κ2) is 13.4. The number of amides is 1. The van der Waals surface area contributed by atoms with Crippen molar-refractivity contribution >= 4 is 45.2 Å². The van der Waals surface area contributed by atoms with Gasteiger partial charge in [0.15, 0.2) is 5.82 Å².